The number of halogens is 3. The van der Waals surface area contributed by atoms with Crippen LogP contribution in [0.1, 0.15) is 5.69 Å². The summed E-state index contributed by atoms with van der Waals surface area (Å²) < 4.78 is 38.1. The Morgan fingerprint density at radius 1 is 1.26 bits per heavy atom. The number of aromatic amines is 1. The molecular weight excluding hydrogens is 279 g/mol. The van der Waals surface area contributed by atoms with Crippen LogP contribution in [0.4, 0.5) is 13.2 Å². The minimum atomic E-state index is -4.54. The molecule has 0 aliphatic rings. The Balaban J connectivity index is 2.57. The first-order valence-electron chi connectivity index (χ1n) is 5.09. The number of pyridine rings is 1. The molecule has 19 heavy (non-hydrogen) atoms. The van der Waals surface area contributed by atoms with Crippen LogP contribution < -0.4 is 5.56 Å². The third-order valence-electron chi connectivity index (χ3n) is 2.26. The Bertz CT molecular complexity index is 634. The summed E-state index contributed by atoms with van der Waals surface area (Å²) in [6.45, 7) is 0. The highest BCUT2D eigenvalue weighted by Gasteiger charge is 2.33. The minimum absolute atomic E-state index is 0.0241. The highest BCUT2D eigenvalue weighted by Crippen LogP contribution is 2.31. The van der Waals surface area contributed by atoms with E-state index in [0.29, 0.717) is 5.56 Å². The van der Waals surface area contributed by atoms with Crippen molar-refractivity contribution in [1.82, 2.24) is 15.0 Å². The molecule has 0 aromatic carbocycles. The number of H-pyrrole nitrogens is 1. The maximum Gasteiger partial charge on any atom is 0.433 e. The molecule has 0 saturated heterocycles. The Kier molecular flexibility index (Phi) is 3.61. The molecule has 2 aromatic heterocycles. The number of alkyl halides is 3. The van der Waals surface area contributed by atoms with Crippen molar-refractivity contribution in [3.05, 3.63) is 40.4 Å². The van der Waals surface area contributed by atoms with Crippen LogP contribution in [0.5, 0.6) is 0 Å². The Morgan fingerprint density at radius 3 is 2.53 bits per heavy atom. The van der Waals surface area contributed by atoms with Crippen LogP contribution in [-0.2, 0) is 6.18 Å². The number of nitrogens with one attached hydrogen (secondary N) is 1. The molecule has 2 aromatic rings. The topological polar surface area (TPSA) is 58.6 Å². The lowest BCUT2D eigenvalue weighted by Gasteiger charge is -2.09. The number of hydrogen-bond donors (Lipinski definition) is 1. The second-order valence-corrected chi connectivity index (χ2v) is 4.34. The fourth-order valence-electron chi connectivity index (χ4n) is 1.38. The van der Waals surface area contributed by atoms with Crippen LogP contribution >= 0.6 is 11.8 Å². The fourth-order valence-corrected chi connectivity index (χ4v) is 1.76. The summed E-state index contributed by atoms with van der Waals surface area (Å²) in [5.41, 5.74) is -0.835. The predicted molar refractivity (Wildman–Crippen MR) is 64.9 cm³/mol. The lowest BCUT2D eigenvalue weighted by atomic mass is 10.2. The van der Waals surface area contributed by atoms with Gasteiger partial charge in [-0.1, -0.05) is 11.8 Å². The molecule has 0 aliphatic heterocycles. The Morgan fingerprint density at radius 2 is 2.00 bits per heavy atom. The summed E-state index contributed by atoms with van der Waals surface area (Å²) >= 11 is 1.02. The maximum absolute atomic E-state index is 12.7. The van der Waals surface area contributed by atoms with E-state index in [4.69, 9.17) is 0 Å². The highest BCUT2D eigenvalue weighted by molar-refractivity contribution is 7.98. The maximum atomic E-state index is 12.7. The SMILES string of the molecule is CSc1nc(-c2ccc(=O)[nH]c2)cc(C(F)(F)F)n1. The predicted octanol–water partition coefficient (Wildman–Crippen LogP) is 2.57. The molecule has 8 heteroatoms. The normalized spacial score (nSPS) is 11.6. The van der Waals surface area contributed by atoms with E-state index in [1.54, 1.807) is 6.26 Å². The van der Waals surface area contributed by atoms with Gasteiger partial charge in [0.15, 0.2) is 5.16 Å². The highest BCUT2D eigenvalue weighted by atomic mass is 32.2. The van der Waals surface area contributed by atoms with E-state index in [-0.39, 0.29) is 16.4 Å². The van der Waals surface area contributed by atoms with Crippen molar-refractivity contribution < 1.29 is 13.2 Å². The van der Waals surface area contributed by atoms with Gasteiger partial charge in [0, 0.05) is 17.8 Å². The van der Waals surface area contributed by atoms with Gasteiger partial charge in [-0.05, 0) is 18.4 Å². The van der Waals surface area contributed by atoms with E-state index in [0.717, 1.165) is 17.8 Å². The molecule has 0 atom stereocenters. The standard InChI is InChI=1S/C11H8F3N3OS/c1-19-10-16-7(4-8(17-10)11(12,13)14)6-2-3-9(18)15-5-6/h2-5H,1H3,(H,15,18). The van der Waals surface area contributed by atoms with Crippen molar-refractivity contribution in [3.8, 4) is 11.3 Å². The zero-order valence-electron chi connectivity index (χ0n) is 9.65. The van der Waals surface area contributed by atoms with Gasteiger partial charge in [0.05, 0.1) is 5.69 Å². The number of thioether (sulfide) groups is 1. The first-order valence-corrected chi connectivity index (χ1v) is 6.32. The molecule has 0 amide bonds. The number of rotatable bonds is 2. The third-order valence-corrected chi connectivity index (χ3v) is 2.81. The molecule has 0 saturated carbocycles. The van der Waals surface area contributed by atoms with Crippen LogP contribution in [-0.4, -0.2) is 21.2 Å². The van der Waals surface area contributed by atoms with Crippen LogP contribution in [0.3, 0.4) is 0 Å². The molecule has 0 unspecified atom stereocenters. The molecule has 100 valence electrons. The molecule has 0 bridgehead atoms. The average molecular weight is 287 g/mol. The molecule has 0 radical (unpaired) electrons. The van der Waals surface area contributed by atoms with E-state index in [2.05, 4.69) is 15.0 Å². The molecule has 4 nitrogen and oxygen atoms in total. The quantitative estimate of drug-likeness (QED) is 0.681. The molecule has 0 spiro atoms. The number of nitrogens with zero attached hydrogens (tertiary/aromatic N) is 2. The van der Waals surface area contributed by atoms with Crippen LogP contribution in [0.15, 0.2) is 34.3 Å². The third kappa shape index (κ3) is 3.14. The van der Waals surface area contributed by atoms with Crippen LogP contribution in [0, 0.1) is 0 Å². The number of hydrogen-bond acceptors (Lipinski definition) is 4. The van der Waals surface area contributed by atoms with Crippen LogP contribution in [0.25, 0.3) is 11.3 Å². The summed E-state index contributed by atoms with van der Waals surface area (Å²) in [7, 11) is 0. The lowest BCUT2D eigenvalue weighted by molar-refractivity contribution is -0.141. The van der Waals surface area contributed by atoms with E-state index in [1.807, 2.05) is 0 Å². The van der Waals surface area contributed by atoms with Gasteiger partial charge in [0.25, 0.3) is 0 Å². The van der Waals surface area contributed by atoms with Crippen molar-refractivity contribution in [2.45, 2.75) is 11.3 Å². The van der Waals surface area contributed by atoms with Gasteiger partial charge in [-0.3, -0.25) is 4.79 Å². The average Bonchev–Trinajstić information content (AvgIpc) is 2.38. The van der Waals surface area contributed by atoms with Gasteiger partial charge in [0.1, 0.15) is 5.69 Å². The van der Waals surface area contributed by atoms with Gasteiger partial charge in [-0.2, -0.15) is 13.2 Å². The summed E-state index contributed by atoms with van der Waals surface area (Å²) in [4.78, 5) is 20.7. The second kappa shape index (κ2) is 5.04. The van der Waals surface area contributed by atoms with Crippen molar-refractivity contribution >= 4 is 11.8 Å². The summed E-state index contributed by atoms with van der Waals surface area (Å²) in [5.74, 6) is 0. The van der Waals surface area contributed by atoms with Crippen LogP contribution in [0.2, 0.25) is 0 Å². The summed E-state index contributed by atoms with van der Waals surface area (Å²) in [6, 6.07) is 3.49. The monoisotopic (exact) mass is 287 g/mol. The van der Waals surface area contributed by atoms with Crippen molar-refractivity contribution in [2.75, 3.05) is 6.26 Å². The summed E-state index contributed by atoms with van der Waals surface area (Å²) in [6.07, 6.45) is -1.63. The Labute approximate surface area is 110 Å². The minimum Gasteiger partial charge on any atom is -0.328 e. The van der Waals surface area contributed by atoms with Gasteiger partial charge < -0.3 is 4.98 Å². The molecule has 2 heterocycles. The first kappa shape index (κ1) is 13.6. The number of aromatic nitrogens is 3. The Hall–Kier alpha value is -1.83. The van der Waals surface area contributed by atoms with E-state index in [1.165, 1.54) is 18.3 Å². The first-order chi connectivity index (χ1) is 8.90. The van der Waals surface area contributed by atoms with Crippen molar-refractivity contribution in [3.63, 3.8) is 0 Å². The largest absolute Gasteiger partial charge is 0.433 e. The molecule has 0 fully saturated rings. The van der Waals surface area contributed by atoms with Gasteiger partial charge >= 0.3 is 6.18 Å². The smallest absolute Gasteiger partial charge is 0.328 e. The van der Waals surface area contributed by atoms with E-state index in [9.17, 15) is 18.0 Å². The summed E-state index contributed by atoms with van der Waals surface area (Å²) in [5, 5.41) is 0.0241. The molecule has 1 N–H and O–H groups in total. The van der Waals surface area contributed by atoms with E-state index >= 15 is 0 Å². The van der Waals surface area contributed by atoms with Gasteiger partial charge in [-0.25, -0.2) is 9.97 Å². The zero-order valence-corrected chi connectivity index (χ0v) is 10.5. The van der Waals surface area contributed by atoms with Crippen molar-refractivity contribution in [2.24, 2.45) is 0 Å². The van der Waals surface area contributed by atoms with E-state index < -0.39 is 11.9 Å². The fraction of sp³-hybridized carbons (Fsp3) is 0.182. The van der Waals surface area contributed by atoms with Gasteiger partial charge in [0.2, 0.25) is 5.56 Å². The second-order valence-electron chi connectivity index (χ2n) is 3.56. The molecule has 2 rings (SSSR count). The zero-order chi connectivity index (χ0) is 14.0. The van der Waals surface area contributed by atoms with Crippen molar-refractivity contribution in [1.29, 1.82) is 0 Å². The van der Waals surface area contributed by atoms with Gasteiger partial charge in [-0.15, -0.1) is 0 Å². The lowest BCUT2D eigenvalue weighted by Crippen LogP contribution is -2.10. The molecule has 0 aliphatic carbocycles. The molecular formula is C11H8F3N3OS.